The van der Waals surface area contributed by atoms with E-state index in [9.17, 15) is 23.2 Å². The Morgan fingerprint density at radius 2 is 1.97 bits per heavy atom. The molecule has 4 N–H and O–H groups in total. The molecule has 0 saturated carbocycles. The number of pyridine rings is 1. The van der Waals surface area contributed by atoms with Crippen molar-refractivity contribution in [3.63, 3.8) is 0 Å². The van der Waals surface area contributed by atoms with Crippen LogP contribution in [0.1, 0.15) is 22.3 Å². The molecule has 1 aromatic carbocycles. The smallest absolute Gasteiger partial charge is 0.315 e. The number of carbonyl (C=O) groups is 2. The van der Waals surface area contributed by atoms with E-state index < -0.39 is 23.1 Å². The van der Waals surface area contributed by atoms with Gasteiger partial charge >= 0.3 is 6.03 Å². The minimum absolute atomic E-state index is 0.000657. The maximum atomic E-state index is 13.4. The van der Waals surface area contributed by atoms with Crippen LogP contribution in [0.4, 0.5) is 13.6 Å². The number of nitrogens with one attached hydrogen (secondary N) is 4. The molecular formula is C21H23F2N5O4. The third-order valence-corrected chi connectivity index (χ3v) is 5.46. The van der Waals surface area contributed by atoms with Crippen LogP contribution in [0.15, 0.2) is 41.3 Å². The van der Waals surface area contributed by atoms with Gasteiger partial charge in [0, 0.05) is 25.7 Å². The number of fused-ring (bicyclic) bond motifs is 1. The first-order valence-electron chi connectivity index (χ1n) is 10.2. The molecule has 3 heterocycles. The van der Waals surface area contributed by atoms with E-state index in [2.05, 4.69) is 21.3 Å². The summed E-state index contributed by atoms with van der Waals surface area (Å²) < 4.78 is 33.5. The Morgan fingerprint density at radius 3 is 2.78 bits per heavy atom. The SMILES string of the molecule is O=C1NC2CNC(OCCNC(=O)c3cccn(Cc4ccc(F)c(F)c4)c3=O)CC2N1. The normalized spacial score (nSPS) is 22.1. The number of ether oxygens (including phenoxy) is 1. The van der Waals surface area contributed by atoms with Crippen LogP contribution in [0.3, 0.4) is 0 Å². The summed E-state index contributed by atoms with van der Waals surface area (Å²) in [6.07, 6.45) is 1.82. The van der Waals surface area contributed by atoms with Crippen LogP contribution >= 0.6 is 0 Å². The zero-order valence-corrected chi connectivity index (χ0v) is 17.1. The molecule has 0 aliphatic carbocycles. The van der Waals surface area contributed by atoms with E-state index in [4.69, 9.17) is 4.74 Å². The number of rotatable bonds is 7. The summed E-state index contributed by atoms with van der Waals surface area (Å²) in [5, 5.41) is 11.5. The van der Waals surface area contributed by atoms with Gasteiger partial charge in [-0.05, 0) is 29.8 Å². The first kappa shape index (κ1) is 21.9. The van der Waals surface area contributed by atoms with Gasteiger partial charge in [-0.25, -0.2) is 13.6 Å². The van der Waals surface area contributed by atoms with Crippen LogP contribution in [0, 0.1) is 11.6 Å². The summed E-state index contributed by atoms with van der Waals surface area (Å²) >= 11 is 0. The summed E-state index contributed by atoms with van der Waals surface area (Å²) in [5.74, 6) is -2.52. The molecule has 32 heavy (non-hydrogen) atoms. The molecule has 0 bridgehead atoms. The summed E-state index contributed by atoms with van der Waals surface area (Å²) in [4.78, 5) is 36.4. The second kappa shape index (κ2) is 9.45. The Kier molecular flexibility index (Phi) is 6.47. The largest absolute Gasteiger partial charge is 0.361 e. The van der Waals surface area contributed by atoms with Crippen molar-refractivity contribution in [1.29, 1.82) is 0 Å². The van der Waals surface area contributed by atoms with Crippen LogP contribution in [-0.4, -0.2) is 54.5 Å². The molecule has 4 rings (SSSR count). The van der Waals surface area contributed by atoms with Crippen molar-refractivity contribution in [1.82, 2.24) is 25.8 Å². The first-order chi connectivity index (χ1) is 15.4. The lowest BCUT2D eigenvalue weighted by Gasteiger charge is -2.31. The molecule has 1 aromatic heterocycles. The van der Waals surface area contributed by atoms with Crippen molar-refractivity contribution < 1.29 is 23.1 Å². The molecule has 0 spiro atoms. The van der Waals surface area contributed by atoms with Gasteiger partial charge in [-0.15, -0.1) is 0 Å². The number of benzene rings is 1. The molecule has 3 amide bonds. The quantitative estimate of drug-likeness (QED) is 0.456. The van der Waals surface area contributed by atoms with Crippen LogP contribution in [0.2, 0.25) is 0 Å². The highest BCUT2D eigenvalue weighted by Gasteiger charge is 2.37. The van der Waals surface area contributed by atoms with Gasteiger partial charge in [0.1, 0.15) is 11.8 Å². The molecule has 2 aliphatic rings. The highest BCUT2D eigenvalue weighted by atomic mass is 19.2. The van der Waals surface area contributed by atoms with E-state index in [0.29, 0.717) is 18.5 Å². The molecule has 170 valence electrons. The first-order valence-corrected chi connectivity index (χ1v) is 10.2. The third kappa shape index (κ3) is 4.94. The molecule has 3 atom stereocenters. The van der Waals surface area contributed by atoms with Crippen LogP contribution < -0.4 is 26.8 Å². The maximum absolute atomic E-state index is 13.4. The molecule has 2 aromatic rings. The number of nitrogens with zero attached hydrogens (tertiary/aromatic N) is 1. The topological polar surface area (TPSA) is 113 Å². The Hall–Kier alpha value is -3.31. The average Bonchev–Trinajstić information content (AvgIpc) is 3.14. The number of piperidine rings is 1. The summed E-state index contributed by atoms with van der Waals surface area (Å²) in [7, 11) is 0. The minimum atomic E-state index is -1.00. The lowest BCUT2D eigenvalue weighted by Crippen LogP contribution is -2.54. The van der Waals surface area contributed by atoms with Gasteiger partial charge in [0.15, 0.2) is 11.6 Å². The van der Waals surface area contributed by atoms with Crippen molar-refractivity contribution in [2.75, 3.05) is 19.7 Å². The lowest BCUT2D eigenvalue weighted by molar-refractivity contribution is 0.00508. The Labute approximate surface area is 182 Å². The fourth-order valence-corrected chi connectivity index (χ4v) is 3.83. The van der Waals surface area contributed by atoms with Gasteiger partial charge in [0.25, 0.3) is 11.5 Å². The van der Waals surface area contributed by atoms with Crippen molar-refractivity contribution in [3.8, 4) is 0 Å². The number of hydrogen-bond donors (Lipinski definition) is 4. The van der Waals surface area contributed by atoms with E-state index in [1.165, 1.54) is 22.9 Å². The van der Waals surface area contributed by atoms with E-state index in [-0.39, 0.29) is 49.6 Å². The van der Waals surface area contributed by atoms with Gasteiger partial charge in [-0.1, -0.05) is 6.07 Å². The fraction of sp³-hybridized carbons (Fsp3) is 0.381. The summed E-state index contributed by atoms with van der Waals surface area (Å²) in [6.45, 7) is 0.994. The monoisotopic (exact) mass is 447 g/mol. The number of urea groups is 1. The molecule has 2 aliphatic heterocycles. The lowest BCUT2D eigenvalue weighted by atomic mass is 10.0. The number of amides is 3. The molecule has 2 fully saturated rings. The van der Waals surface area contributed by atoms with E-state index in [1.54, 1.807) is 6.07 Å². The van der Waals surface area contributed by atoms with E-state index in [1.807, 2.05) is 0 Å². The van der Waals surface area contributed by atoms with Gasteiger partial charge in [-0.2, -0.15) is 0 Å². The summed E-state index contributed by atoms with van der Waals surface area (Å²) in [5.41, 5.74) is -0.207. The predicted molar refractivity (Wildman–Crippen MR) is 110 cm³/mol. The number of halogens is 2. The third-order valence-electron chi connectivity index (χ3n) is 5.46. The molecule has 9 nitrogen and oxygen atoms in total. The second-order valence-corrected chi connectivity index (χ2v) is 7.69. The number of hydrogen-bond acceptors (Lipinski definition) is 5. The molecule has 3 unspecified atom stereocenters. The predicted octanol–water partition coefficient (Wildman–Crippen LogP) is 0.291. The van der Waals surface area contributed by atoms with E-state index in [0.717, 1.165) is 12.1 Å². The van der Waals surface area contributed by atoms with Crippen molar-refractivity contribution in [3.05, 3.63) is 69.6 Å². The zero-order valence-electron chi connectivity index (χ0n) is 17.1. The van der Waals surface area contributed by atoms with Crippen LogP contribution in [-0.2, 0) is 11.3 Å². The fourth-order valence-electron chi connectivity index (χ4n) is 3.83. The van der Waals surface area contributed by atoms with Crippen molar-refractivity contribution in [2.45, 2.75) is 31.3 Å². The Bertz CT molecular complexity index is 1080. The Balaban J connectivity index is 1.28. The maximum Gasteiger partial charge on any atom is 0.315 e. The standard InChI is InChI=1S/C21H23F2N5O4/c22-14-4-3-12(8-15(14)23)11-28-6-1-2-13(20(28)30)19(29)24-5-7-32-18-9-16-17(10-25-18)27-21(31)26-16/h1-4,6,8,16-18,25H,5,7,9-11H2,(H,24,29)(H2,26,27,31). The molecule has 2 saturated heterocycles. The molecular weight excluding hydrogens is 424 g/mol. The Morgan fingerprint density at radius 1 is 1.16 bits per heavy atom. The number of aromatic nitrogens is 1. The van der Waals surface area contributed by atoms with Crippen LogP contribution in [0.25, 0.3) is 0 Å². The molecule has 11 heteroatoms. The summed E-state index contributed by atoms with van der Waals surface area (Å²) in [6, 6.07) is 6.18. The highest BCUT2D eigenvalue weighted by Crippen LogP contribution is 2.14. The minimum Gasteiger partial charge on any atom is -0.361 e. The van der Waals surface area contributed by atoms with E-state index >= 15 is 0 Å². The van der Waals surface area contributed by atoms with Crippen LogP contribution in [0.5, 0.6) is 0 Å². The highest BCUT2D eigenvalue weighted by molar-refractivity contribution is 5.93. The van der Waals surface area contributed by atoms with Gasteiger partial charge in [0.2, 0.25) is 0 Å². The molecule has 0 radical (unpaired) electrons. The van der Waals surface area contributed by atoms with Gasteiger partial charge in [-0.3, -0.25) is 14.9 Å². The van der Waals surface area contributed by atoms with Crippen molar-refractivity contribution >= 4 is 11.9 Å². The van der Waals surface area contributed by atoms with Gasteiger partial charge in [0.05, 0.1) is 25.2 Å². The average molecular weight is 447 g/mol. The van der Waals surface area contributed by atoms with Crippen molar-refractivity contribution in [2.24, 2.45) is 0 Å². The second-order valence-electron chi connectivity index (χ2n) is 7.69. The zero-order chi connectivity index (χ0) is 22.7. The van der Waals surface area contributed by atoms with Gasteiger partial charge < -0.3 is 25.3 Å². The number of carbonyl (C=O) groups excluding carboxylic acids is 2.